The molecule has 5 nitrogen and oxygen atoms in total. The van der Waals surface area contributed by atoms with Crippen molar-refractivity contribution in [2.24, 2.45) is 5.10 Å². The van der Waals surface area contributed by atoms with Gasteiger partial charge in [0.05, 0.1) is 27.9 Å². The van der Waals surface area contributed by atoms with E-state index >= 15 is 0 Å². The highest BCUT2D eigenvalue weighted by Gasteiger charge is 2.26. The Kier molecular flexibility index (Phi) is 8.95. The van der Waals surface area contributed by atoms with Crippen LogP contribution in [0.15, 0.2) is 105 Å². The zero-order valence-electron chi connectivity index (χ0n) is 29.5. The molecule has 7 rings (SSSR count). The number of rotatable bonds is 7. The van der Waals surface area contributed by atoms with Crippen molar-refractivity contribution in [3.05, 3.63) is 128 Å². The Hall–Kier alpha value is -3.94. The summed E-state index contributed by atoms with van der Waals surface area (Å²) in [4.78, 5) is 5.15. The fraction of sp³-hybridized carbons (Fsp3) is 0.286. The summed E-state index contributed by atoms with van der Waals surface area (Å²) in [7, 11) is 0. The number of pyridine rings is 1. The van der Waals surface area contributed by atoms with Gasteiger partial charge in [-0.15, -0.1) is 5.10 Å². The van der Waals surface area contributed by atoms with Crippen molar-refractivity contribution >= 4 is 64.8 Å². The number of hydrogen-bond acceptors (Lipinski definition) is 2. The zero-order valence-corrected chi connectivity index (χ0v) is 32.6. The van der Waals surface area contributed by atoms with E-state index < -0.39 is 0 Å². The van der Waals surface area contributed by atoms with Gasteiger partial charge in [-0.25, -0.2) is 9.66 Å². The maximum absolute atomic E-state index is 5.78. The van der Waals surface area contributed by atoms with E-state index in [9.17, 15) is 0 Å². The lowest BCUT2D eigenvalue weighted by atomic mass is 9.92. The molecule has 0 bridgehead atoms. The minimum Gasteiger partial charge on any atom is -0.275 e. The third-order valence-corrected chi connectivity index (χ3v) is 10.6. The first-order valence-corrected chi connectivity index (χ1v) is 18.9. The minimum atomic E-state index is 0.285. The fourth-order valence-electron chi connectivity index (χ4n) is 7.24. The first kappa shape index (κ1) is 33.6. The highest BCUT2D eigenvalue weighted by atomic mass is 79.9. The third-order valence-electron chi connectivity index (χ3n) is 9.60. The standard InChI is InChI=1S/C42H43Br2N5/c1-24(2)30-12-9-13-31(25(3)4)39(30)47-38-16-11-21-45-41(38)48(40-32(26(5)6)14-10-15-33(40)27(7)8)42(47)46-49-36-19-17-28(43)22-34(36)35-23-29(44)18-20-37(35)49/h9-27H,1-8H3/b46-42+. The molecule has 3 heterocycles. The molecule has 0 fully saturated rings. The normalized spacial score (nSPS) is 12.7. The van der Waals surface area contributed by atoms with Crippen LogP contribution in [0.5, 0.6) is 0 Å². The largest absolute Gasteiger partial charge is 0.275 e. The number of halogens is 2. The van der Waals surface area contributed by atoms with Crippen molar-refractivity contribution in [1.29, 1.82) is 0 Å². The number of fused-ring (bicyclic) bond motifs is 4. The summed E-state index contributed by atoms with van der Waals surface area (Å²) in [5.41, 5.74) is 12.2. The van der Waals surface area contributed by atoms with E-state index in [-0.39, 0.29) is 11.8 Å². The van der Waals surface area contributed by atoms with Gasteiger partial charge >= 0.3 is 0 Å². The van der Waals surface area contributed by atoms with Gasteiger partial charge in [-0.3, -0.25) is 9.13 Å². The van der Waals surface area contributed by atoms with Crippen LogP contribution in [0.4, 0.5) is 0 Å². The Balaban J connectivity index is 1.79. The van der Waals surface area contributed by atoms with E-state index in [1.807, 2.05) is 12.3 Å². The monoisotopic (exact) mass is 775 g/mol. The van der Waals surface area contributed by atoms with Crippen molar-refractivity contribution in [2.45, 2.75) is 79.1 Å². The van der Waals surface area contributed by atoms with Crippen molar-refractivity contribution < 1.29 is 0 Å². The van der Waals surface area contributed by atoms with E-state index in [1.54, 1.807) is 0 Å². The van der Waals surface area contributed by atoms with Crippen LogP contribution in [-0.2, 0) is 0 Å². The molecule has 0 saturated heterocycles. The van der Waals surface area contributed by atoms with Gasteiger partial charge in [-0.05, 0) is 94.5 Å². The molecule has 0 N–H and O–H groups in total. The van der Waals surface area contributed by atoms with Crippen LogP contribution in [0.3, 0.4) is 0 Å². The molecule has 7 heteroatoms. The van der Waals surface area contributed by atoms with Crippen molar-refractivity contribution in [3.8, 4) is 11.4 Å². The first-order chi connectivity index (χ1) is 23.5. The lowest BCUT2D eigenvalue weighted by Crippen LogP contribution is -2.29. The molecule has 4 aromatic carbocycles. The molecule has 0 amide bonds. The van der Waals surface area contributed by atoms with Crippen LogP contribution in [0.2, 0.25) is 0 Å². The van der Waals surface area contributed by atoms with E-state index in [0.717, 1.165) is 53.2 Å². The highest BCUT2D eigenvalue weighted by molar-refractivity contribution is 9.10. The van der Waals surface area contributed by atoms with E-state index in [1.165, 1.54) is 27.9 Å². The van der Waals surface area contributed by atoms with E-state index in [4.69, 9.17) is 10.1 Å². The summed E-state index contributed by atoms with van der Waals surface area (Å²) < 4.78 is 8.94. The lowest BCUT2D eigenvalue weighted by molar-refractivity contribution is 0.737. The van der Waals surface area contributed by atoms with Gasteiger partial charge in [-0.1, -0.05) is 124 Å². The van der Waals surface area contributed by atoms with E-state index in [2.05, 4.69) is 180 Å². The molecular formula is C42H43Br2N5. The first-order valence-electron chi connectivity index (χ1n) is 17.3. The highest BCUT2D eigenvalue weighted by Crippen LogP contribution is 2.37. The molecule has 0 atom stereocenters. The molecule has 0 unspecified atom stereocenters. The van der Waals surface area contributed by atoms with Gasteiger partial charge in [0.25, 0.3) is 0 Å². The molecular weight excluding hydrogens is 734 g/mol. The quantitative estimate of drug-likeness (QED) is 0.159. The van der Waals surface area contributed by atoms with Crippen LogP contribution in [0, 0.1) is 0 Å². The van der Waals surface area contributed by atoms with Crippen LogP contribution >= 0.6 is 31.9 Å². The summed E-state index contributed by atoms with van der Waals surface area (Å²) in [6, 6.07) is 30.7. The van der Waals surface area contributed by atoms with Gasteiger partial charge in [0, 0.05) is 25.9 Å². The second kappa shape index (κ2) is 13.1. The van der Waals surface area contributed by atoms with Crippen LogP contribution < -0.4 is 5.62 Å². The number of hydrogen-bond donors (Lipinski definition) is 0. The number of nitrogens with zero attached hydrogens (tertiary/aromatic N) is 5. The van der Waals surface area contributed by atoms with Gasteiger partial charge in [0.15, 0.2) is 5.65 Å². The Bertz CT molecular complexity index is 2220. The molecule has 250 valence electrons. The molecule has 7 aromatic rings. The van der Waals surface area contributed by atoms with Crippen LogP contribution in [-0.4, -0.2) is 18.8 Å². The number of aromatic nitrogens is 4. The molecule has 0 aliphatic heterocycles. The molecule has 0 radical (unpaired) electrons. The van der Waals surface area contributed by atoms with Gasteiger partial charge in [0.2, 0.25) is 5.62 Å². The van der Waals surface area contributed by atoms with Crippen LogP contribution in [0.25, 0.3) is 44.3 Å². The van der Waals surface area contributed by atoms with Gasteiger partial charge < -0.3 is 0 Å². The molecule has 3 aromatic heterocycles. The molecule has 0 saturated carbocycles. The molecule has 0 aliphatic carbocycles. The maximum atomic E-state index is 5.78. The Morgan fingerprint density at radius 1 is 0.531 bits per heavy atom. The summed E-state index contributed by atoms with van der Waals surface area (Å²) >= 11 is 7.48. The number of para-hydroxylation sites is 2. The summed E-state index contributed by atoms with van der Waals surface area (Å²) in [5, 5.41) is 8.05. The van der Waals surface area contributed by atoms with Crippen molar-refractivity contribution in [3.63, 3.8) is 0 Å². The fourth-order valence-corrected chi connectivity index (χ4v) is 7.96. The molecule has 49 heavy (non-hydrogen) atoms. The predicted octanol–water partition coefficient (Wildman–Crippen LogP) is 12.3. The van der Waals surface area contributed by atoms with E-state index in [0.29, 0.717) is 11.8 Å². The lowest BCUT2D eigenvalue weighted by Gasteiger charge is -2.22. The van der Waals surface area contributed by atoms with Gasteiger partial charge in [-0.2, -0.15) is 0 Å². The third kappa shape index (κ3) is 5.69. The number of imidazole rings is 1. The Morgan fingerprint density at radius 3 is 1.43 bits per heavy atom. The van der Waals surface area contributed by atoms with Crippen LogP contribution in [0.1, 0.15) is 101 Å². The topological polar surface area (TPSA) is 40.0 Å². The Labute approximate surface area is 305 Å². The van der Waals surface area contributed by atoms with Crippen molar-refractivity contribution in [1.82, 2.24) is 18.8 Å². The summed E-state index contributed by atoms with van der Waals surface area (Å²) in [6.07, 6.45) is 1.91. The average molecular weight is 778 g/mol. The zero-order chi connectivity index (χ0) is 34.7. The molecule has 0 spiro atoms. The predicted molar refractivity (Wildman–Crippen MR) is 213 cm³/mol. The Morgan fingerprint density at radius 2 is 0.980 bits per heavy atom. The van der Waals surface area contributed by atoms with Crippen molar-refractivity contribution in [2.75, 3.05) is 0 Å². The van der Waals surface area contributed by atoms with Gasteiger partial charge in [0.1, 0.15) is 0 Å². The summed E-state index contributed by atoms with van der Waals surface area (Å²) in [5.74, 6) is 1.16. The SMILES string of the molecule is CC(C)c1cccc(C(C)C)c1-n1/c(=N\n2c3ccc(Br)cc3c3cc(Br)ccc32)n(-c2c(C(C)C)cccc2C(C)C)c2ncccc21. The maximum Gasteiger partial charge on any atom is 0.239 e. The number of benzene rings is 4. The average Bonchev–Trinajstić information content (AvgIpc) is 3.54. The minimum absolute atomic E-state index is 0.285. The smallest absolute Gasteiger partial charge is 0.239 e. The second-order valence-electron chi connectivity index (χ2n) is 14.2. The summed E-state index contributed by atoms with van der Waals surface area (Å²) in [6.45, 7) is 18.2. The second-order valence-corrected chi connectivity index (χ2v) is 16.1. The molecule has 0 aliphatic rings.